The monoisotopic (exact) mass is 337 g/mol. The Morgan fingerprint density at radius 1 is 0.800 bits per heavy atom. The first-order valence-corrected chi connectivity index (χ1v) is 9.67. The average molecular weight is 338 g/mol. The summed E-state index contributed by atoms with van der Waals surface area (Å²) in [5.74, 6) is 0.943. The number of nitrogens with zero attached hydrogens (tertiary/aromatic N) is 1. The highest BCUT2D eigenvalue weighted by atomic mass is 16.5. The molecular formula is C23H31NO. The number of aliphatic imine (C=N–C) groups is 1. The van der Waals surface area contributed by atoms with Gasteiger partial charge in [0.15, 0.2) is 0 Å². The van der Waals surface area contributed by atoms with Crippen LogP contribution in [-0.2, 0) is 6.42 Å². The van der Waals surface area contributed by atoms with Gasteiger partial charge in [0, 0.05) is 6.21 Å². The second-order valence-electron chi connectivity index (χ2n) is 6.46. The van der Waals surface area contributed by atoms with Crippen molar-refractivity contribution in [3.63, 3.8) is 0 Å². The Balaban J connectivity index is 1.72. The Hall–Kier alpha value is -2.09. The zero-order chi connectivity index (χ0) is 17.7. The van der Waals surface area contributed by atoms with E-state index in [9.17, 15) is 0 Å². The van der Waals surface area contributed by atoms with E-state index in [1.807, 2.05) is 18.3 Å². The highest BCUT2D eigenvalue weighted by Crippen LogP contribution is 2.15. The SMILES string of the molecule is CCCCCCCCOc1ccc(C=Nc2ccc(CC)cc2)cc1. The normalized spacial score (nSPS) is 11.1. The number of rotatable bonds is 11. The lowest BCUT2D eigenvalue weighted by Crippen LogP contribution is -1.97. The Morgan fingerprint density at radius 2 is 1.48 bits per heavy atom. The number of ether oxygens (including phenoxy) is 1. The van der Waals surface area contributed by atoms with Crippen molar-refractivity contribution in [2.24, 2.45) is 4.99 Å². The van der Waals surface area contributed by atoms with Crippen LogP contribution in [0.15, 0.2) is 53.5 Å². The fraction of sp³-hybridized carbons (Fsp3) is 0.435. The molecule has 0 heterocycles. The Kier molecular flexibility index (Phi) is 8.82. The van der Waals surface area contributed by atoms with E-state index < -0.39 is 0 Å². The van der Waals surface area contributed by atoms with Crippen LogP contribution in [0, 0.1) is 0 Å². The molecular weight excluding hydrogens is 306 g/mol. The Morgan fingerprint density at radius 3 is 2.16 bits per heavy atom. The number of unbranched alkanes of at least 4 members (excludes halogenated alkanes) is 5. The number of hydrogen-bond acceptors (Lipinski definition) is 2. The third-order valence-corrected chi connectivity index (χ3v) is 4.35. The molecule has 2 nitrogen and oxygen atoms in total. The molecule has 2 heteroatoms. The molecule has 25 heavy (non-hydrogen) atoms. The predicted octanol–water partition coefficient (Wildman–Crippen LogP) is 6.74. The van der Waals surface area contributed by atoms with Crippen molar-refractivity contribution in [2.75, 3.05) is 6.61 Å². The number of benzene rings is 2. The van der Waals surface area contributed by atoms with Gasteiger partial charge in [0.1, 0.15) is 5.75 Å². The molecule has 0 aromatic heterocycles. The minimum atomic E-state index is 0.809. The van der Waals surface area contributed by atoms with Gasteiger partial charge in [-0.3, -0.25) is 4.99 Å². The van der Waals surface area contributed by atoms with Crippen LogP contribution in [0.25, 0.3) is 0 Å². The summed E-state index contributed by atoms with van der Waals surface area (Å²) in [5, 5.41) is 0. The average Bonchev–Trinajstić information content (AvgIpc) is 2.67. The highest BCUT2D eigenvalue weighted by molar-refractivity contribution is 5.82. The molecule has 0 saturated heterocycles. The lowest BCUT2D eigenvalue weighted by atomic mass is 10.1. The summed E-state index contributed by atoms with van der Waals surface area (Å²) < 4.78 is 5.81. The Bertz CT molecular complexity index is 614. The first-order chi connectivity index (χ1) is 12.3. The molecule has 0 spiro atoms. The maximum absolute atomic E-state index is 5.81. The standard InChI is InChI=1S/C23H31NO/c1-3-5-6-7-8-9-18-25-23-16-12-21(13-17-23)19-24-22-14-10-20(4-2)11-15-22/h10-17,19H,3-9,18H2,1-2H3. The van der Waals surface area contributed by atoms with Crippen molar-refractivity contribution in [1.82, 2.24) is 0 Å². The quantitative estimate of drug-likeness (QED) is 0.329. The van der Waals surface area contributed by atoms with Crippen LogP contribution in [0.2, 0.25) is 0 Å². The predicted molar refractivity (Wildman–Crippen MR) is 108 cm³/mol. The molecule has 0 aliphatic heterocycles. The first-order valence-electron chi connectivity index (χ1n) is 9.67. The van der Waals surface area contributed by atoms with E-state index >= 15 is 0 Å². The molecule has 2 aromatic rings. The first kappa shape index (κ1) is 19.2. The molecule has 0 amide bonds. The summed E-state index contributed by atoms with van der Waals surface area (Å²) in [6.07, 6.45) is 10.7. The van der Waals surface area contributed by atoms with Crippen LogP contribution in [0.4, 0.5) is 5.69 Å². The van der Waals surface area contributed by atoms with Gasteiger partial charge in [0.2, 0.25) is 0 Å². The number of aryl methyl sites for hydroxylation is 1. The summed E-state index contributed by atoms with van der Waals surface area (Å²) in [5.41, 5.74) is 3.41. The molecule has 0 radical (unpaired) electrons. The molecule has 0 aliphatic rings. The van der Waals surface area contributed by atoms with Crippen molar-refractivity contribution >= 4 is 11.9 Å². The zero-order valence-electron chi connectivity index (χ0n) is 15.7. The fourth-order valence-corrected chi connectivity index (χ4v) is 2.69. The molecule has 0 aliphatic carbocycles. The van der Waals surface area contributed by atoms with E-state index in [1.165, 1.54) is 37.7 Å². The molecule has 0 N–H and O–H groups in total. The third kappa shape index (κ3) is 7.55. The molecule has 0 fully saturated rings. The van der Waals surface area contributed by atoms with E-state index in [2.05, 4.69) is 55.2 Å². The van der Waals surface area contributed by atoms with Gasteiger partial charge in [-0.2, -0.15) is 0 Å². The van der Waals surface area contributed by atoms with E-state index in [0.717, 1.165) is 36.4 Å². The maximum Gasteiger partial charge on any atom is 0.119 e. The third-order valence-electron chi connectivity index (χ3n) is 4.35. The second-order valence-corrected chi connectivity index (χ2v) is 6.46. The van der Waals surface area contributed by atoms with Gasteiger partial charge in [-0.05, 0) is 60.4 Å². The van der Waals surface area contributed by atoms with E-state index in [4.69, 9.17) is 4.74 Å². The summed E-state index contributed by atoms with van der Waals surface area (Å²) >= 11 is 0. The van der Waals surface area contributed by atoms with Crippen molar-refractivity contribution in [2.45, 2.75) is 58.8 Å². The summed E-state index contributed by atoms with van der Waals surface area (Å²) in [6.45, 7) is 5.22. The van der Waals surface area contributed by atoms with E-state index in [0.29, 0.717) is 0 Å². The highest BCUT2D eigenvalue weighted by Gasteiger charge is 1.96. The molecule has 0 bridgehead atoms. The van der Waals surface area contributed by atoms with E-state index in [1.54, 1.807) is 0 Å². The molecule has 0 atom stereocenters. The smallest absolute Gasteiger partial charge is 0.119 e. The van der Waals surface area contributed by atoms with Gasteiger partial charge in [-0.15, -0.1) is 0 Å². The minimum Gasteiger partial charge on any atom is -0.494 e. The van der Waals surface area contributed by atoms with Gasteiger partial charge in [0.25, 0.3) is 0 Å². The molecule has 0 unspecified atom stereocenters. The fourth-order valence-electron chi connectivity index (χ4n) is 2.69. The molecule has 134 valence electrons. The second kappa shape index (κ2) is 11.5. The van der Waals surface area contributed by atoms with Crippen LogP contribution in [0.5, 0.6) is 5.75 Å². The van der Waals surface area contributed by atoms with Gasteiger partial charge in [-0.1, -0.05) is 58.1 Å². The summed E-state index contributed by atoms with van der Waals surface area (Å²) in [4.78, 5) is 4.53. The van der Waals surface area contributed by atoms with Crippen molar-refractivity contribution in [3.05, 3.63) is 59.7 Å². The van der Waals surface area contributed by atoms with Crippen LogP contribution in [-0.4, -0.2) is 12.8 Å². The largest absolute Gasteiger partial charge is 0.494 e. The zero-order valence-corrected chi connectivity index (χ0v) is 15.7. The van der Waals surface area contributed by atoms with Crippen molar-refractivity contribution in [3.8, 4) is 5.75 Å². The van der Waals surface area contributed by atoms with Crippen LogP contribution in [0.1, 0.15) is 63.5 Å². The summed E-state index contributed by atoms with van der Waals surface area (Å²) in [6, 6.07) is 16.6. The topological polar surface area (TPSA) is 21.6 Å². The van der Waals surface area contributed by atoms with Crippen LogP contribution >= 0.6 is 0 Å². The lowest BCUT2D eigenvalue weighted by Gasteiger charge is -2.06. The van der Waals surface area contributed by atoms with Crippen molar-refractivity contribution in [1.29, 1.82) is 0 Å². The molecule has 2 rings (SSSR count). The van der Waals surface area contributed by atoms with Crippen LogP contribution < -0.4 is 4.74 Å². The lowest BCUT2D eigenvalue weighted by molar-refractivity contribution is 0.304. The molecule has 2 aromatic carbocycles. The van der Waals surface area contributed by atoms with E-state index in [-0.39, 0.29) is 0 Å². The van der Waals surface area contributed by atoms with Gasteiger partial charge >= 0.3 is 0 Å². The van der Waals surface area contributed by atoms with Crippen LogP contribution in [0.3, 0.4) is 0 Å². The molecule has 0 saturated carbocycles. The Labute approximate surface area is 153 Å². The maximum atomic E-state index is 5.81. The van der Waals surface area contributed by atoms with Crippen molar-refractivity contribution < 1.29 is 4.74 Å². The van der Waals surface area contributed by atoms with Gasteiger partial charge in [-0.25, -0.2) is 0 Å². The minimum absolute atomic E-state index is 0.809. The number of hydrogen-bond donors (Lipinski definition) is 0. The van der Waals surface area contributed by atoms with Gasteiger partial charge < -0.3 is 4.74 Å². The summed E-state index contributed by atoms with van der Waals surface area (Å²) in [7, 11) is 0. The van der Waals surface area contributed by atoms with Gasteiger partial charge in [0.05, 0.1) is 12.3 Å².